The quantitative estimate of drug-likeness (QED) is 0.724. The van der Waals surface area contributed by atoms with Crippen molar-refractivity contribution < 1.29 is 0 Å². The maximum atomic E-state index is 3.66. The molecule has 2 rings (SSSR count). The Kier molecular flexibility index (Phi) is 5.05. The highest BCUT2D eigenvalue weighted by Gasteiger charge is 2.14. The van der Waals surface area contributed by atoms with E-state index in [1.165, 1.54) is 55.5 Å². The summed E-state index contributed by atoms with van der Waals surface area (Å²) >= 11 is 1.88. The molecule has 0 radical (unpaired) electrons. The zero-order chi connectivity index (χ0) is 12.1. The Morgan fingerprint density at radius 2 is 2.18 bits per heavy atom. The topological polar surface area (TPSA) is 12.0 Å². The third-order valence-electron chi connectivity index (χ3n) is 4.01. The van der Waals surface area contributed by atoms with Crippen LogP contribution in [0.4, 0.5) is 0 Å². The lowest BCUT2D eigenvalue weighted by atomic mass is 10.0. The summed E-state index contributed by atoms with van der Waals surface area (Å²) in [5, 5.41) is 5.86. The summed E-state index contributed by atoms with van der Waals surface area (Å²) in [6.45, 7) is 5.67. The van der Waals surface area contributed by atoms with Crippen molar-refractivity contribution >= 4 is 11.3 Å². The van der Waals surface area contributed by atoms with Crippen molar-refractivity contribution in [2.24, 2.45) is 5.92 Å². The Bertz CT molecular complexity index is 325. The van der Waals surface area contributed by atoms with Gasteiger partial charge in [-0.25, -0.2) is 0 Å². The molecular weight excluding hydrogens is 226 g/mol. The van der Waals surface area contributed by atoms with Crippen molar-refractivity contribution in [2.45, 2.75) is 58.4 Å². The number of thiophene rings is 1. The van der Waals surface area contributed by atoms with Crippen LogP contribution >= 0.6 is 11.3 Å². The normalized spacial score (nSPS) is 18.7. The van der Waals surface area contributed by atoms with E-state index in [9.17, 15) is 0 Å². The number of aryl methyl sites for hydroxylation is 1. The van der Waals surface area contributed by atoms with Gasteiger partial charge in [-0.2, -0.15) is 0 Å². The summed E-state index contributed by atoms with van der Waals surface area (Å²) in [4.78, 5) is 1.51. The first kappa shape index (κ1) is 13.1. The van der Waals surface area contributed by atoms with Crippen LogP contribution in [-0.2, 0) is 0 Å². The van der Waals surface area contributed by atoms with Crippen molar-refractivity contribution in [3.63, 3.8) is 0 Å². The van der Waals surface area contributed by atoms with Crippen LogP contribution in [0.15, 0.2) is 11.4 Å². The van der Waals surface area contributed by atoms with Gasteiger partial charge in [0.2, 0.25) is 0 Å². The maximum Gasteiger partial charge on any atom is 0.0388 e. The minimum absolute atomic E-state index is 0.526. The van der Waals surface area contributed by atoms with Gasteiger partial charge >= 0.3 is 0 Å². The fourth-order valence-corrected chi connectivity index (χ4v) is 3.89. The highest BCUT2D eigenvalue weighted by Crippen LogP contribution is 2.28. The van der Waals surface area contributed by atoms with Crippen molar-refractivity contribution in [2.75, 3.05) is 6.54 Å². The van der Waals surface area contributed by atoms with Gasteiger partial charge in [0.1, 0.15) is 0 Å². The van der Waals surface area contributed by atoms with Crippen molar-refractivity contribution in [1.29, 1.82) is 0 Å². The van der Waals surface area contributed by atoms with Gasteiger partial charge in [-0.3, -0.25) is 0 Å². The predicted molar refractivity (Wildman–Crippen MR) is 76.7 cm³/mol. The fourth-order valence-electron chi connectivity index (χ4n) is 2.93. The number of hydrogen-bond donors (Lipinski definition) is 1. The Hall–Kier alpha value is -0.340. The van der Waals surface area contributed by atoms with E-state index in [0.717, 1.165) is 5.92 Å². The molecule has 0 aliphatic heterocycles. The zero-order valence-electron chi connectivity index (χ0n) is 11.2. The molecule has 1 saturated carbocycles. The molecule has 0 aromatic carbocycles. The van der Waals surface area contributed by atoms with Gasteiger partial charge in [0, 0.05) is 10.9 Å². The maximum absolute atomic E-state index is 3.66. The predicted octanol–water partition coefficient (Wildman–Crippen LogP) is 4.68. The van der Waals surface area contributed by atoms with E-state index in [1.54, 1.807) is 0 Å². The average molecular weight is 251 g/mol. The number of nitrogens with one attached hydrogen (secondary N) is 1. The molecule has 1 atom stereocenters. The van der Waals surface area contributed by atoms with Gasteiger partial charge in [-0.05, 0) is 56.2 Å². The van der Waals surface area contributed by atoms with Crippen LogP contribution in [0.25, 0.3) is 0 Å². The largest absolute Gasteiger partial charge is 0.309 e. The van der Waals surface area contributed by atoms with Gasteiger partial charge in [-0.1, -0.05) is 25.7 Å². The summed E-state index contributed by atoms with van der Waals surface area (Å²) in [7, 11) is 0. The van der Waals surface area contributed by atoms with E-state index in [1.807, 2.05) is 11.3 Å². The molecular formula is C15H25NS. The molecule has 1 fully saturated rings. The van der Waals surface area contributed by atoms with E-state index in [-0.39, 0.29) is 0 Å². The minimum atomic E-state index is 0.526. The van der Waals surface area contributed by atoms with Crippen molar-refractivity contribution in [3.05, 3.63) is 21.9 Å². The Morgan fingerprint density at radius 3 is 2.82 bits per heavy atom. The van der Waals surface area contributed by atoms with Crippen molar-refractivity contribution in [1.82, 2.24) is 5.32 Å². The highest BCUT2D eigenvalue weighted by atomic mass is 32.1. The second kappa shape index (κ2) is 6.55. The third-order valence-corrected chi connectivity index (χ3v) is 5.21. The van der Waals surface area contributed by atoms with Crippen LogP contribution in [-0.4, -0.2) is 6.54 Å². The van der Waals surface area contributed by atoms with Gasteiger partial charge in [0.05, 0.1) is 0 Å². The fraction of sp³-hybridized carbons (Fsp3) is 0.733. The van der Waals surface area contributed by atoms with E-state index in [2.05, 4.69) is 30.6 Å². The van der Waals surface area contributed by atoms with E-state index in [0.29, 0.717) is 6.04 Å². The molecule has 1 aromatic heterocycles. The van der Waals surface area contributed by atoms with Gasteiger partial charge in [0.25, 0.3) is 0 Å². The van der Waals surface area contributed by atoms with Crippen LogP contribution in [0.1, 0.15) is 61.9 Å². The molecule has 1 nitrogen and oxygen atoms in total. The summed E-state index contributed by atoms with van der Waals surface area (Å²) in [5.74, 6) is 1.04. The Labute approximate surface area is 110 Å². The second-order valence-electron chi connectivity index (χ2n) is 5.44. The molecule has 1 heterocycles. The smallest absolute Gasteiger partial charge is 0.0388 e. The first-order valence-electron chi connectivity index (χ1n) is 7.04. The summed E-state index contributed by atoms with van der Waals surface area (Å²) in [5.41, 5.74) is 1.44. The SMILES string of the molecule is Cc1ccsc1C(C)NCCCC1CCCC1. The summed E-state index contributed by atoms with van der Waals surface area (Å²) in [6.07, 6.45) is 8.70. The molecule has 0 spiro atoms. The average Bonchev–Trinajstić information content (AvgIpc) is 2.95. The van der Waals surface area contributed by atoms with Crippen LogP contribution in [0.5, 0.6) is 0 Å². The first-order valence-corrected chi connectivity index (χ1v) is 7.92. The molecule has 1 aliphatic carbocycles. The monoisotopic (exact) mass is 251 g/mol. The van der Waals surface area contributed by atoms with Crippen LogP contribution < -0.4 is 5.32 Å². The summed E-state index contributed by atoms with van der Waals surface area (Å²) in [6, 6.07) is 2.75. The molecule has 1 N–H and O–H groups in total. The van der Waals surface area contributed by atoms with Crippen LogP contribution in [0, 0.1) is 12.8 Å². The molecule has 1 aliphatic rings. The number of hydrogen-bond acceptors (Lipinski definition) is 2. The van der Waals surface area contributed by atoms with Gasteiger partial charge < -0.3 is 5.32 Å². The molecule has 2 heteroatoms. The van der Waals surface area contributed by atoms with E-state index in [4.69, 9.17) is 0 Å². The lowest BCUT2D eigenvalue weighted by Gasteiger charge is -2.14. The Balaban J connectivity index is 1.63. The number of rotatable bonds is 6. The van der Waals surface area contributed by atoms with E-state index >= 15 is 0 Å². The van der Waals surface area contributed by atoms with Gasteiger partial charge in [-0.15, -0.1) is 11.3 Å². The molecule has 1 aromatic rings. The first-order chi connectivity index (χ1) is 8.27. The van der Waals surface area contributed by atoms with Crippen LogP contribution in [0.2, 0.25) is 0 Å². The molecule has 0 saturated heterocycles. The third kappa shape index (κ3) is 3.82. The molecule has 0 amide bonds. The lowest BCUT2D eigenvalue weighted by molar-refractivity contribution is 0.457. The van der Waals surface area contributed by atoms with E-state index < -0.39 is 0 Å². The van der Waals surface area contributed by atoms with Crippen molar-refractivity contribution in [3.8, 4) is 0 Å². The molecule has 0 bridgehead atoms. The lowest BCUT2D eigenvalue weighted by Crippen LogP contribution is -2.20. The minimum Gasteiger partial charge on any atom is -0.309 e. The zero-order valence-corrected chi connectivity index (χ0v) is 12.0. The highest BCUT2D eigenvalue weighted by molar-refractivity contribution is 7.10. The Morgan fingerprint density at radius 1 is 1.41 bits per heavy atom. The standard InChI is InChI=1S/C15H25NS/c1-12-9-11-17-15(12)13(2)16-10-5-8-14-6-3-4-7-14/h9,11,13-14,16H,3-8,10H2,1-2H3. The molecule has 1 unspecified atom stereocenters. The summed E-state index contributed by atoms with van der Waals surface area (Å²) < 4.78 is 0. The second-order valence-corrected chi connectivity index (χ2v) is 6.38. The van der Waals surface area contributed by atoms with Gasteiger partial charge in [0.15, 0.2) is 0 Å². The molecule has 96 valence electrons. The van der Waals surface area contributed by atoms with Crippen LogP contribution in [0.3, 0.4) is 0 Å². The molecule has 17 heavy (non-hydrogen) atoms.